The molecule has 0 spiro atoms. The highest BCUT2D eigenvalue weighted by Gasteiger charge is 2.34. The first-order valence-corrected chi connectivity index (χ1v) is 6.76. The van der Waals surface area contributed by atoms with Gasteiger partial charge in [0.2, 0.25) is 0 Å². The van der Waals surface area contributed by atoms with Crippen molar-refractivity contribution in [2.24, 2.45) is 0 Å². The predicted octanol–water partition coefficient (Wildman–Crippen LogP) is 2.11. The van der Waals surface area contributed by atoms with Crippen molar-refractivity contribution in [3.63, 3.8) is 0 Å². The zero-order valence-corrected chi connectivity index (χ0v) is 11.3. The summed E-state index contributed by atoms with van der Waals surface area (Å²) in [6, 6.07) is 0. The van der Waals surface area contributed by atoms with Crippen molar-refractivity contribution in [3.8, 4) is 0 Å². The molecule has 3 heterocycles. The molecule has 0 bridgehead atoms. The van der Waals surface area contributed by atoms with Crippen LogP contribution in [0.4, 0.5) is 5.82 Å². The van der Waals surface area contributed by atoms with Gasteiger partial charge in [-0.05, 0) is 26.2 Å². The number of aromatic amines is 1. The Morgan fingerprint density at radius 2 is 2.37 bits per heavy atom. The summed E-state index contributed by atoms with van der Waals surface area (Å²) in [5, 5.41) is 3.33. The molecule has 0 amide bonds. The summed E-state index contributed by atoms with van der Waals surface area (Å²) in [5.41, 5.74) is 1.57. The second kappa shape index (κ2) is 4.77. The quantitative estimate of drug-likeness (QED) is 0.881. The maximum absolute atomic E-state index is 6.08. The number of aromatic nitrogens is 4. The Kier molecular flexibility index (Phi) is 3.10. The Morgan fingerprint density at radius 1 is 1.47 bits per heavy atom. The monoisotopic (exact) mass is 261 g/mol. The van der Waals surface area contributed by atoms with Gasteiger partial charge in [-0.2, -0.15) is 0 Å². The van der Waals surface area contributed by atoms with Gasteiger partial charge in [0.05, 0.1) is 18.0 Å². The number of anilines is 1. The maximum Gasteiger partial charge on any atom is 0.182 e. The van der Waals surface area contributed by atoms with E-state index in [0.29, 0.717) is 5.65 Å². The second-order valence-electron chi connectivity index (χ2n) is 5.29. The Balaban J connectivity index is 1.66. The van der Waals surface area contributed by atoms with E-state index >= 15 is 0 Å². The first-order chi connectivity index (χ1) is 9.20. The lowest BCUT2D eigenvalue weighted by Crippen LogP contribution is -2.27. The minimum atomic E-state index is 0.0430. The smallest absolute Gasteiger partial charge is 0.182 e. The second-order valence-corrected chi connectivity index (χ2v) is 5.29. The van der Waals surface area contributed by atoms with E-state index in [9.17, 15) is 0 Å². The van der Waals surface area contributed by atoms with Crippen LogP contribution in [0.1, 0.15) is 33.1 Å². The van der Waals surface area contributed by atoms with E-state index < -0.39 is 0 Å². The van der Waals surface area contributed by atoms with E-state index in [1.165, 1.54) is 6.33 Å². The zero-order chi connectivity index (χ0) is 13.3. The molecule has 1 fully saturated rings. The molecule has 6 nitrogen and oxygen atoms in total. The first-order valence-electron chi connectivity index (χ1n) is 6.76. The van der Waals surface area contributed by atoms with Crippen LogP contribution < -0.4 is 5.32 Å². The fourth-order valence-corrected chi connectivity index (χ4v) is 2.50. The number of nitrogens with zero attached hydrogens (tertiary/aromatic N) is 3. The van der Waals surface area contributed by atoms with Crippen LogP contribution >= 0.6 is 0 Å². The van der Waals surface area contributed by atoms with E-state index in [0.717, 1.165) is 37.1 Å². The van der Waals surface area contributed by atoms with Crippen LogP contribution in [-0.4, -0.2) is 38.2 Å². The summed E-state index contributed by atoms with van der Waals surface area (Å²) in [6.07, 6.45) is 6.68. The molecule has 1 aliphatic heterocycles. The normalized spacial score (nSPS) is 26.9. The van der Waals surface area contributed by atoms with Crippen molar-refractivity contribution in [2.75, 3.05) is 11.9 Å². The number of fused-ring (bicyclic) bond motifs is 1. The molecule has 2 N–H and O–H groups in total. The van der Waals surface area contributed by atoms with Crippen LogP contribution in [0.5, 0.6) is 0 Å². The summed E-state index contributed by atoms with van der Waals surface area (Å²) in [6.45, 7) is 5.12. The predicted molar refractivity (Wildman–Crippen MR) is 73.0 cm³/mol. The van der Waals surface area contributed by atoms with Crippen LogP contribution in [0.25, 0.3) is 11.2 Å². The SMILES string of the molecule is CCC1(C)CCC(CNc2ncnc3nc[nH]c23)O1. The van der Waals surface area contributed by atoms with E-state index in [-0.39, 0.29) is 11.7 Å². The van der Waals surface area contributed by atoms with Crippen LogP contribution in [-0.2, 0) is 4.74 Å². The van der Waals surface area contributed by atoms with Crippen LogP contribution in [0.2, 0.25) is 0 Å². The van der Waals surface area contributed by atoms with Crippen molar-refractivity contribution in [2.45, 2.75) is 44.8 Å². The van der Waals surface area contributed by atoms with Gasteiger partial charge >= 0.3 is 0 Å². The molecule has 19 heavy (non-hydrogen) atoms. The highest BCUT2D eigenvalue weighted by Crippen LogP contribution is 2.32. The number of hydrogen-bond donors (Lipinski definition) is 2. The zero-order valence-electron chi connectivity index (χ0n) is 11.3. The molecule has 1 aliphatic rings. The molecule has 0 radical (unpaired) electrons. The van der Waals surface area contributed by atoms with Gasteiger partial charge in [0.25, 0.3) is 0 Å². The molecule has 6 heteroatoms. The fraction of sp³-hybridized carbons (Fsp3) is 0.615. The molecule has 2 aromatic heterocycles. The van der Waals surface area contributed by atoms with Crippen molar-refractivity contribution >= 4 is 17.0 Å². The van der Waals surface area contributed by atoms with E-state index in [1.54, 1.807) is 6.33 Å². The van der Waals surface area contributed by atoms with Crippen molar-refractivity contribution in [3.05, 3.63) is 12.7 Å². The Bertz CT molecular complexity index is 569. The lowest BCUT2D eigenvalue weighted by Gasteiger charge is -2.23. The number of ether oxygens (including phenoxy) is 1. The number of H-pyrrole nitrogens is 1. The highest BCUT2D eigenvalue weighted by atomic mass is 16.5. The highest BCUT2D eigenvalue weighted by molar-refractivity contribution is 5.81. The molecule has 102 valence electrons. The molecule has 2 aromatic rings. The summed E-state index contributed by atoms with van der Waals surface area (Å²) in [7, 11) is 0. The van der Waals surface area contributed by atoms with Crippen LogP contribution in [0.3, 0.4) is 0 Å². The lowest BCUT2D eigenvalue weighted by atomic mass is 9.99. The van der Waals surface area contributed by atoms with E-state index in [2.05, 4.69) is 39.1 Å². The van der Waals surface area contributed by atoms with Gasteiger partial charge in [-0.25, -0.2) is 15.0 Å². The number of imidazole rings is 1. The Labute approximate surface area is 112 Å². The van der Waals surface area contributed by atoms with Gasteiger partial charge in [0.1, 0.15) is 11.8 Å². The largest absolute Gasteiger partial charge is 0.370 e. The maximum atomic E-state index is 6.08. The van der Waals surface area contributed by atoms with Gasteiger partial charge in [-0.3, -0.25) is 0 Å². The molecule has 1 saturated heterocycles. The molecule has 3 rings (SSSR count). The fourth-order valence-electron chi connectivity index (χ4n) is 2.50. The average molecular weight is 261 g/mol. The van der Waals surface area contributed by atoms with Crippen molar-refractivity contribution < 1.29 is 4.74 Å². The van der Waals surface area contributed by atoms with Crippen LogP contribution in [0, 0.1) is 0 Å². The number of hydrogen-bond acceptors (Lipinski definition) is 5. The summed E-state index contributed by atoms with van der Waals surface area (Å²) >= 11 is 0. The molecule has 2 atom stereocenters. The lowest BCUT2D eigenvalue weighted by molar-refractivity contribution is -0.0249. The van der Waals surface area contributed by atoms with Gasteiger partial charge in [-0.1, -0.05) is 6.92 Å². The molecular weight excluding hydrogens is 242 g/mol. The summed E-state index contributed by atoms with van der Waals surface area (Å²) in [4.78, 5) is 15.5. The third-order valence-electron chi connectivity index (χ3n) is 3.91. The van der Waals surface area contributed by atoms with Gasteiger partial charge < -0.3 is 15.0 Å². The molecular formula is C13H19N5O. The summed E-state index contributed by atoms with van der Waals surface area (Å²) < 4.78 is 6.08. The average Bonchev–Trinajstić information content (AvgIpc) is 3.03. The van der Waals surface area contributed by atoms with Gasteiger partial charge in [0.15, 0.2) is 11.5 Å². The first kappa shape index (κ1) is 12.3. The topological polar surface area (TPSA) is 75.7 Å². The van der Waals surface area contributed by atoms with Crippen molar-refractivity contribution in [1.29, 1.82) is 0 Å². The molecule has 0 saturated carbocycles. The van der Waals surface area contributed by atoms with Crippen LogP contribution in [0.15, 0.2) is 12.7 Å². The molecule has 0 aromatic carbocycles. The van der Waals surface area contributed by atoms with Gasteiger partial charge in [-0.15, -0.1) is 0 Å². The Morgan fingerprint density at radius 3 is 3.16 bits per heavy atom. The molecule has 0 aliphatic carbocycles. The molecule has 2 unspecified atom stereocenters. The number of rotatable bonds is 4. The van der Waals surface area contributed by atoms with E-state index in [4.69, 9.17) is 4.74 Å². The summed E-state index contributed by atoms with van der Waals surface area (Å²) in [5.74, 6) is 0.788. The minimum Gasteiger partial charge on any atom is -0.370 e. The van der Waals surface area contributed by atoms with Crippen molar-refractivity contribution in [1.82, 2.24) is 19.9 Å². The van der Waals surface area contributed by atoms with Gasteiger partial charge in [0, 0.05) is 6.54 Å². The third kappa shape index (κ3) is 2.40. The van der Waals surface area contributed by atoms with E-state index in [1.807, 2.05) is 0 Å². The Hall–Kier alpha value is -1.69. The minimum absolute atomic E-state index is 0.0430. The number of nitrogens with one attached hydrogen (secondary N) is 2. The standard InChI is InChI=1S/C13H19N5O/c1-3-13(2)5-4-9(19-13)6-14-11-10-12(16-7-15-10)18-8-17-11/h7-9H,3-6H2,1-2H3,(H2,14,15,16,17,18). The third-order valence-corrected chi connectivity index (χ3v) is 3.91.